The number of aromatic nitrogens is 1. The van der Waals surface area contributed by atoms with E-state index in [4.69, 9.17) is 16.3 Å². The Balaban J connectivity index is 1.93. The van der Waals surface area contributed by atoms with Crippen LogP contribution in [-0.4, -0.2) is 44.7 Å². The van der Waals surface area contributed by atoms with E-state index < -0.39 is 16.0 Å². The smallest absolute Gasteiger partial charge is 0.339 e. The number of carbonyl (C=O) groups is 1. The number of hydrogen-bond donors (Lipinski definition) is 2. The zero-order valence-corrected chi connectivity index (χ0v) is 18.2. The summed E-state index contributed by atoms with van der Waals surface area (Å²) >= 11 is 5.94. The van der Waals surface area contributed by atoms with E-state index in [0.717, 1.165) is 38.8 Å². The van der Waals surface area contributed by atoms with Crippen LogP contribution in [0.15, 0.2) is 35.4 Å². The number of pyridine rings is 1. The highest BCUT2D eigenvalue weighted by atomic mass is 35.5. The number of benzene rings is 1. The van der Waals surface area contributed by atoms with Gasteiger partial charge in [0.15, 0.2) is 0 Å². The summed E-state index contributed by atoms with van der Waals surface area (Å²) in [6.07, 6.45) is 6.62. The molecule has 10 heteroatoms. The molecule has 0 bridgehead atoms. The van der Waals surface area contributed by atoms with E-state index in [1.807, 2.05) is 4.90 Å². The summed E-state index contributed by atoms with van der Waals surface area (Å²) in [6, 6.07) is 5.52. The van der Waals surface area contributed by atoms with Crippen LogP contribution >= 0.6 is 11.6 Å². The zero-order chi connectivity index (χ0) is 21.7. The lowest BCUT2D eigenvalue weighted by atomic mass is 10.1. The summed E-state index contributed by atoms with van der Waals surface area (Å²) < 4.78 is 33.2. The summed E-state index contributed by atoms with van der Waals surface area (Å²) in [5.41, 5.74) is -0.000875. The zero-order valence-electron chi connectivity index (χ0n) is 16.6. The topological polar surface area (TPSA) is 109 Å². The number of rotatable bonds is 6. The van der Waals surface area contributed by atoms with Crippen LogP contribution in [0.25, 0.3) is 0 Å². The van der Waals surface area contributed by atoms with Crippen LogP contribution in [0.2, 0.25) is 5.02 Å². The van der Waals surface area contributed by atoms with Gasteiger partial charge in [-0.15, -0.1) is 0 Å². The fraction of sp³-hybridized carbons (Fsp3) is 0.400. The molecule has 3 rings (SSSR count). The third-order valence-electron chi connectivity index (χ3n) is 4.92. The highest BCUT2D eigenvalue weighted by molar-refractivity contribution is 7.92. The van der Waals surface area contributed by atoms with Crippen molar-refractivity contribution in [2.24, 2.45) is 0 Å². The SMILES string of the molecule is COc1ccc(Cl)cc1S(=O)(=O)Nc1cnc(N2CCCCCCC2)c(C(=O)O)c1. The number of aromatic carboxylic acids is 1. The van der Waals surface area contributed by atoms with Crippen LogP contribution < -0.4 is 14.4 Å². The highest BCUT2D eigenvalue weighted by Gasteiger charge is 2.23. The Bertz CT molecular complexity index is 1020. The van der Waals surface area contributed by atoms with Gasteiger partial charge in [0, 0.05) is 18.1 Å². The number of nitrogens with one attached hydrogen (secondary N) is 1. The number of carboxylic acids is 1. The molecule has 0 aliphatic carbocycles. The molecule has 1 aromatic carbocycles. The van der Waals surface area contributed by atoms with Crippen molar-refractivity contribution in [3.05, 3.63) is 41.0 Å². The minimum atomic E-state index is -4.08. The fourth-order valence-corrected chi connectivity index (χ4v) is 4.92. The molecule has 2 N–H and O–H groups in total. The first-order valence-electron chi connectivity index (χ1n) is 9.66. The lowest BCUT2D eigenvalue weighted by molar-refractivity contribution is 0.0697. The first-order valence-corrected chi connectivity index (χ1v) is 11.5. The van der Waals surface area contributed by atoms with Gasteiger partial charge in [0.1, 0.15) is 22.0 Å². The second-order valence-electron chi connectivity index (χ2n) is 7.06. The molecule has 0 amide bonds. The average molecular weight is 454 g/mol. The fourth-order valence-electron chi connectivity index (χ4n) is 3.45. The van der Waals surface area contributed by atoms with Crippen LogP contribution in [0.4, 0.5) is 11.5 Å². The molecule has 0 spiro atoms. The first kappa shape index (κ1) is 22.2. The van der Waals surface area contributed by atoms with Crippen molar-refractivity contribution >= 4 is 39.1 Å². The number of carboxylic acid groups (broad SMARTS) is 1. The quantitative estimate of drug-likeness (QED) is 0.679. The summed E-state index contributed by atoms with van der Waals surface area (Å²) in [7, 11) is -2.72. The van der Waals surface area contributed by atoms with Gasteiger partial charge < -0.3 is 14.7 Å². The Morgan fingerprint density at radius 1 is 1.17 bits per heavy atom. The van der Waals surface area contributed by atoms with E-state index in [-0.39, 0.29) is 26.9 Å². The van der Waals surface area contributed by atoms with E-state index in [0.29, 0.717) is 5.82 Å². The Morgan fingerprint density at radius 2 is 1.83 bits per heavy atom. The molecular weight excluding hydrogens is 430 g/mol. The van der Waals surface area contributed by atoms with Crippen LogP contribution in [0, 0.1) is 0 Å². The molecule has 0 unspecified atom stereocenters. The second-order valence-corrected chi connectivity index (χ2v) is 9.14. The third-order valence-corrected chi connectivity index (χ3v) is 6.56. The maximum Gasteiger partial charge on any atom is 0.339 e. The Hall–Kier alpha value is -2.52. The van der Waals surface area contributed by atoms with Crippen molar-refractivity contribution in [3.63, 3.8) is 0 Å². The van der Waals surface area contributed by atoms with E-state index in [1.165, 1.54) is 44.0 Å². The number of anilines is 2. The van der Waals surface area contributed by atoms with Crippen LogP contribution in [0.5, 0.6) is 5.75 Å². The molecule has 0 saturated carbocycles. The predicted molar refractivity (Wildman–Crippen MR) is 115 cm³/mol. The molecule has 1 aromatic heterocycles. The van der Waals surface area contributed by atoms with Gasteiger partial charge in [-0.3, -0.25) is 4.72 Å². The van der Waals surface area contributed by atoms with Gasteiger partial charge in [0.25, 0.3) is 10.0 Å². The summed E-state index contributed by atoms with van der Waals surface area (Å²) in [6.45, 7) is 1.44. The molecule has 1 aliphatic rings. The minimum absolute atomic E-state index is 0.0465. The summed E-state index contributed by atoms with van der Waals surface area (Å²) in [5, 5.41) is 9.93. The van der Waals surface area contributed by atoms with E-state index in [1.54, 1.807) is 0 Å². The van der Waals surface area contributed by atoms with Crippen molar-refractivity contribution in [2.45, 2.75) is 37.0 Å². The van der Waals surface area contributed by atoms with Crippen LogP contribution in [-0.2, 0) is 10.0 Å². The van der Waals surface area contributed by atoms with Crippen LogP contribution in [0.1, 0.15) is 42.5 Å². The first-order chi connectivity index (χ1) is 14.3. The van der Waals surface area contributed by atoms with Crippen molar-refractivity contribution in [1.82, 2.24) is 4.98 Å². The molecule has 30 heavy (non-hydrogen) atoms. The van der Waals surface area contributed by atoms with Gasteiger partial charge in [-0.05, 0) is 37.1 Å². The molecule has 1 saturated heterocycles. The van der Waals surface area contributed by atoms with Crippen molar-refractivity contribution < 1.29 is 23.1 Å². The maximum absolute atomic E-state index is 12.8. The molecule has 0 radical (unpaired) electrons. The van der Waals surface area contributed by atoms with Crippen LogP contribution in [0.3, 0.4) is 0 Å². The summed E-state index contributed by atoms with van der Waals surface area (Å²) in [5.74, 6) is -0.691. The van der Waals surface area contributed by atoms with Gasteiger partial charge in [0.05, 0.1) is 19.0 Å². The standard InChI is InChI=1S/C20H24ClN3O5S/c1-29-17-8-7-14(21)11-18(17)30(27,28)23-15-12-16(20(25)26)19(22-13-15)24-9-5-3-2-4-6-10-24/h7-8,11-13,23H,2-6,9-10H2,1H3,(H,25,26). The highest BCUT2D eigenvalue weighted by Crippen LogP contribution is 2.30. The van der Waals surface area contributed by atoms with Gasteiger partial charge in [-0.2, -0.15) is 0 Å². The number of hydrogen-bond acceptors (Lipinski definition) is 6. The molecular formula is C20H24ClN3O5S. The average Bonchev–Trinajstić information content (AvgIpc) is 2.68. The van der Waals surface area contributed by atoms with E-state index in [9.17, 15) is 18.3 Å². The lowest BCUT2D eigenvalue weighted by Gasteiger charge is -2.27. The van der Waals surface area contributed by atoms with Gasteiger partial charge in [0.2, 0.25) is 0 Å². The van der Waals surface area contributed by atoms with E-state index >= 15 is 0 Å². The lowest BCUT2D eigenvalue weighted by Crippen LogP contribution is -2.29. The second kappa shape index (κ2) is 9.53. The Morgan fingerprint density at radius 3 is 2.47 bits per heavy atom. The third kappa shape index (κ3) is 5.14. The van der Waals surface area contributed by atoms with Gasteiger partial charge >= 0.3 is 5.97 Å². The predicted octanol–water partition coefficient (Wildman–Crippen LogP) is 4.01. The Labute approximate surface area is 180 Å². The maximum atomic E-state index is 12.8. The van der Waals surface area contributed by atoms with Crippen molar-refractivity contribution in [1.29, 1.82) is 0 Å². The molecule has 8 nitrogen and oxygen atoms in total. The number of methoxy groups -OCH3 is 1. The monoisotopic (exact) mass is 453 g/mol. The van der Waals surface area contributed by atoms with E-state index in [2.05, 4.69) is 9.71 Å². The number of halogens is 1. The number of nitrogens with zero attached hydrogens (tertiary/aromatic N) is 2. The largest absolute Gasteiger partial charge is 0.495 e. The molecule has 2 heterocycles. The molecule has 2 aromatic rings. The van der Waals surface area contributed by atoms with Crippen molar-refractivity contribution in [2.75, 3.05) is 29.8 Å². The normalized spacial score (nSPS) is 15.2. The molecule has 0 atom stereocenters. The molecule has 162 valence electrons. The number of sulfonamides is 1. The molecule has 1 aliphatic heterocycles. The minimum Gasteiger partial charge on any atom is -0.495 e. The van der Waals surface area contributed by atoms with Gasteiger partial charge in [-0.25, -0.2) is 18.2 Å². The Kier molecular flexibility index (Phi) is 7.04. The number of ether oxygens (including phenoxy) is 1. The van der Waals surface area contributed by atoms with Crippen molar-refractivity contribution in [3.8, 4) is 5.75 Å². The summed E-state index contributed by atoms with van der Waals surface area (Å²) in [4.78, 5) is 18.0. The molecule has 1 fully saturated rings. The van der Waals surface area contributed by atoms with Gasteiger partial charge in [-0.1, -0.05) is 30.9 Å².